The molecule has 0 aliphatic carbocycles. The molecule has 5 nitrogen and oxygen atoms in total. The van der Waals surface area contributed by atoms with Crippen molar-refractivity contribution in [2.75, 3.05) is 19.8 Å². The highest BCUT2D eigenvalue weighted by Crippen LogP contribution is 2.06. The summed E-state index contributed by atoms with van der Waals surface area (Å²) in [5, 5.41) is 3.73. The number of nitrogens with two attached hydrogens (primary N) is 1. The van der Waals surface area contributed by atoms with Crippen molar-refractivity contribution in [3.05, 3.63) is 11.7 Å². The first kappa shape index (κ1) is 14.0. The SMILES string of the molecule is CC(CN)Cc1nc(CCOCC(F)F)no1. The molecule has 0 radical (unpaired) electrons. The predicted octanol–water partition coefficient (Wildman–Crippen LogP) is 1.03. The summed E-state index contributed by atoms with van der Waals surface area (Å²) in [7, 11) is 0. The van der Waals surface area contributed by atoms with Crippen molar-refractivity contribution >= 4 is 0 Å². The molecule has 17 heavy (non-hydrogen) atoms. The van der Waals surface area contributed by atoms with Crippen LogP contribution in [0.3, 0.4) is 0 Å². The fourth-order valence-corrected chi connectivity index (χ4v) is 1.19. The van der Waals surface area contributed by atoms with E-state index < -0.39 is 13.0 Å². The third-order valence-electron chi connectivity index (χ3n) is 2.15. The molecule has 2 N–H and O–H groups in total. The number of hydrogen-bond donors (Lipinski definition) is 1. The van der Waals surface area contributed by atoms with Gasteiger partial charge in [-0.05, 0) is 12.5 Å². The van der Waals surface area contributed by atoms with Crippen LogP contribution in [0.1, 0.15) is 18.6 Å². The Morgan fingerprint density at radius 1 is 1.47 bits per heavy atom. The fraction of sp³-hybridized carbons (Fsp3) is 0.800. The van der Waals surface area contributed by atoms with E-state index in [-0.39, 0.29) is 12.5 Å². The van der Waals surface area contributed by atoms with E-state index in [9.17, 15) is 8.78 Å². The Bertz CT molecular complexity index is 320. The molecule has 0 bridgehead atoms. The van der Waals surface area contributed by atoms with Gasteiger partial charge in [0, 0.05) is 12.8 Å². The third kappa shape index (κ3) is 5.69. The third-order valence-corrected chi connectivity index (χ3v) is 2.15. The smallest absolute Gasteiger partial charge is 0.261 e. The normalized spacial score (nSPS) is 13.2. The molecule has 0 fully saturated rings. The van der Waals surface area contributed by atoms with Gasteiger partial charge in [-0.15, -0.1) is 0 Å². The van der Waals surface area contributed by atoms with Crippen molar-refractivity contribution in [1.29, 1.82) is 0 Å². The van der Waals surface area contributed by atoms with E-state index in [1.807, 2.05) is 6.92 Å². The second-order valence-corrected chi connectivity index (χ2v) is 3.87. The number of aromatic nitrogens is 2. The Morgan fingerprint density at radius 3 is 2.88 bits per heavy atom. The van der Waals surface area contributed by atoms with Crippen LogP contribution in [0.5, 0.6) is 0 Å². The van der Waals surface area contributed by atoms with Crippen LogP contribution >= 0.6 is 0 Å². The van der Waals surface area contributed by atoms with Gasteiger partial charge in [0.2, 0.25) is 5.89 Å². The average Bonchev–Trinajstić information content (AvgIpc) is 2.72. The second-order valence-electron chi connectivity index (χ2n) is 3.87. The first-order valence-electron chi connectivity index (χ1n) is 5.49. The number of rotatable bonds is 8. The lowest BCUT2D eigenvalue weighted by molar-refractivity contribution is 0.0182. The molecule has 1 atom stereocenters. The van der Waals surface area contributed by atoms with Crippen molar-refractivity contribution in [2.45, 2.75) is 26.2 Å². The maximum absolute atomic E-state index is 11.8. The van der Waals surface area contributed by atoms with E-state index in [1.165, 1.54) is 0 Å². The highest BCUT2D eigenvalue weighted by Gasteiger charge is 2.10. The lowest BCUT2D eigenvalue weighted by Crippen LogP contribution is -2.13. The fourth-order valence-electron chi connectivity index (χ4n) is 1.19. The molecule has 0 amide bonds. The Kier molecular flexibility index (Phi) is 5.99. The van der Waals surface area contributed by atoms with Crippen LogP contribution in [0.2, 0.25) is 0 Å². The first-order valence-corrected chi connectivity index (χ1v) is 5.49. The maximum atomic E-state index is 11.8. The number of hydrogen-bond acceptors (Lipinski definition) is 5. The summed E-state index contributed by atoms with van der Waals surface area (Å²) in [6.45, 7) is 2.13. The summed E-state index contributed by atoms with van der Waals surface area (Å²) in [6, 6.07) is 0. The summed E-state index contributed by atoms with van der Waals surface area (Å²) in [4.78, 5) is 4.11. The summed E-state index contributed by atoms with van der Waals surface area (Å²) in [6.07, 6.45) is -1.45. The monoisotopic (exact) mass is 249 g/mol. The zero-order chi connectivity index (χ0) is 12.7. The van der Waals surface area contributed by atoms with Gasteiger partial charge in [-0.3, -0.25) is 0 Å². The Morgan fingerprint density at radius 2 is 2.24 bits per heavy atom. The van der Waals surface area contributed by atoms with Crippen molar-refractivity contribution in [1.82, 2.24) is 10.1 Å². The van der Waals surface area contributed by atoms with Crippen LogP contribution in [-0.2, 0) is 17.6 Å². The first-order chi connectivity index (χ1) is 8.11. The van der Waals surface area contributed by atoms with Crippen LogP contribution in [0.25, 0.3) is 0 Å². The maximum Gasteiger partial charge on any atom is 0.261 e. The van der Waals surface area contributed by atoms with E-state index in [0.29, 0.717) is 31.1 Å². The quantitative estimate of drug-likeness (QED) is 0.696. The molecule has 0 aliphatic heterocycles. The van der Waals surface area contributed by atoms with Crippen molar-refractivity contribution in [2.24, 2.45) is 11.7 Å². The van der Waals surface area contributed by atoms with Gasteiger partial charge in [-0.1, -0.05) is 12.1 Å². The number of halogens is 2. The van der Waals surface area contributed by atoms with Gasteiger partial charge in [0.05, 0.1) is 6.61 Å². The van der Waals surface area contributed by atoms with Gasteiger partial charge in [0.25, 0.3) is 6.43 Å². The Balaban J connectivity index is 2.26. The number of ether oxygens (including phenoxy) is 1. The van der Waals surface area contributed by atoms with Gasteiger partial charge in [0.15, 0.2) is 5.82 Å². The van der Waals surface area contributed by atoms with Gasteiger partial charge < -0.3 is 15.0 Å². The van der Waals surface area contributed by atoms with Gasteiger partial charge in [-0.2, -0.15) is 4.98 Å². The molecular weight excluding hydrogens is 232 g/mol. The summed E-state index contributed by atoms with van der Waals surface area (Å²) in [5.41, 5.74) is 5.47. The molecule has 0 aromatic carbocycles. The van der Waals surface area contributed by atoms with Crippen molar-refractivity contribution in [3.8, 4) is 0 Å². The Hall–Kier alpha value is -1.08. The van der Waals surface area contributed by atoms with Crippen LogP contribution in [0, 0.1) is 5.92 Å². The predicted molar refractivity (Wildman–Crippen MR) is 56.7 cm³/mol. The molecule has 1 heterocycles. The highest BCUT2D eigenvalue weighted by molar-refractivity contribution is 4.87. The minimum absolute atomic E-state index is 0.162. The molecule has 1 aromatic heterocycles. The van der Waals surface area contributed by atoms with Crippen molar-refractivity contribution < 1.29 is 18.0 Å². The number of alkyl halides is 2. The largest absolute Gasteiger partial charge is 0.375 e. The highest BCUT2D eigenvalue weighted by atomic mass is 19.3. The van der Waals surface area contributed by atoms with E-state index in [0.717, 1.165) is 0 Å². The molecule has 0 saturated heterocycles. The van der Waals surface area contributed by atoms with Gasteiger partial charge in [0.1, 0.15) is 6.61 Å². The molecule has 0 aliphatic rings. The summed E-state index contributed by atoms with van der Waals surface area (Å²) in [5.74, 6) is 1.27. The van der Waals surface area contributed by atoms with Gasteiger partial charge in [-0.25, -0.2) is 8.78 Å². The topological polar surface area (TPSA) is 74.2 Å². The van der Waals surface area contributed by atoms with Crippen LogP contribution < -0.4 is 5.73 Å². The molecule has 1 unspecified atom stereocenters. The molecule has 0 spiro atoms. The second kappa shape index (κ2) is 7.29. The van der Waals surface area contributed by atoms with Crippen LogP contribution in [0.4, 0.5) is 8.78 Å². The zero-order valence-electron chi connectivity index (χ0n) is 9.73. The van der Waals surface area contributed by atoms with Crippen LogP contribution in [0.15, 0.2) is 4.52 Å². The van der Waals surface area contributed by atoms with E-state index >= 15 is 0 Å². The molecular formula is C10H17F2N3O2. The van der Waals surface area contributed by atoms with Crippen LogP contribution in [-0.4, -0.2) is 36.3 Å². The zero-order valence-corrected chi connectivity index (χ0v) is 9.73. The molecule has 98 valence electrons. The summed E-state index contributed by atoms with van der Waals surface area (Å²) < 4.78 is 33.2. The minimum Gasteiger partial charge on any atom is -0.375 e. The number of nitrogens with zero attached hydrogens (tertiary/aromatic N) is 2. The lowest BCUT2D eigenvalue weighted by Gasteiger charge is -2.02. The lowest BCUT2D eigenvalue weighted by atomic mass is 10.1. The van der Waals surface area contributed by atoms with Crippen molar-refractivity contribution in [3.63, 3.8) is 0 Å². The summed E-state index contributed by atoms with van der Waals surface area (Å²) >= 11 is 0. The standard InChI is InChI=1S/C10H17F2N3O2/c1-7(5-13)4-10-14-9(15-17-10)2-3-16-6-8(11)12/h7-8H,2-6,13H2,1H3. The molecule has 1 rings (SSSR count). The van der Waals surface area contributed by atoms with Gasteiger partial charge >= 0.3 is 0 Å². The van der Waals surface area contributed by atoms with E-state index in [2.05, 4.69) is 10.1 Å². The Labute approximate surface area is 98.3 Å². The molecule has 7 heteroatoms. The minimum atomic E-state index is -2.44. The molecule has 1 aromatic rings. The molecule has 0 saturated carbocycles. The van der Waals surface area contributed by atoms with E-state index in [1.54, 1.807) is 0 Å². The average molecular weight is 249 g/mol. The van der Waals surface area contributed by atoms with E-state index in [4.69, 9.17) is 15.0 Å².